The second-order valence-electron chi connectivity index (χ2n) is 6.83. The van der Waals surface area contributed by atoms with Gasteiger partial charge in [0.1, 0.15) is 0 Å². The average Bonchev–Trinajstić information content (AvgIpc) is 2.91. The van der Waals surface area contributed by atoms with Crippen molar-refractivity contribution in [3.63, 3.8) is 0 Å². The Labute approximate surface area is 153 Å². The molecule has 3 aromatic rings. The first-order chi connectivity index (χ1) is 12.9. The van der Waals surface area contributed by atoms with Crippen molar-refractivity contribution in [2.75, 3.05) is 6.54 Å². The van der Waals surface area contributed by atoms with Gasteiger partial charge in [-0.2, -0.15) is 13.2 Å². The molecule has 0 spiro atoms. The molecule has 0 saturated heterocycles. The topological polar surface area (TPSA) is 62.7 Å². The summed E-state index contributed by atoms with van der Waals surface area (Å²) in [6, 6.07) is 7.33. The van der Waals surface area contributed by atoms with Gasteiger partial charge in [-0.1, -0.05) is 18.6 Å². The summed E-state index contributed by atoms with van der Waals surface area (Å²) >= 11 is 0. The van der Waals surface area contributed by atoms with Crippen LogP contribution in [0.2, 0.25) is 0 Å². The summed E-state index contributed by atoms with van der Waals surface area (Å²) in [4.78, 5) is 19.1. The lowest BCUT2D eigenvalue weighted by Crippen LogP contribution is -2.37. The van der Waals surface area contributed by atoms with E-state index in [0.717, 1.165) is 25.0 Å². The lowest BCUT2D eigenvalue weighted by molar-refractivity contribution is -0.137. The van der Waals surface area contributed by atoms with Crippen molar-refractivity contribution in [1.82, 2.24) is 19.9 Å². The highest BCUT2D eigenvalue weighted by Crippen LogP contribution is 2.32. The summed E-state index contributed by atoms with van der Waals surface area (Å²) in [6.45, 7) is 1.13. The van der Waals surface area contributed by atoms with E-state index >= 15 is 0 Å². The van der Waals surface area contributed by atoms with Crippen LogP contribution in [0.3, 0.4) is 0 Å². The maximum atomic E-state index is 13.0. The number of rotatable bonds is 5. The molecule has 0 amide bonds. The fourth-order valence-electron chi connectivity index (χ4n) is 3.28. The molecule has 1 fully saturated rings. The average molecular weight is 376 g/mol. The van der Waals surface area contributed by atoms with Crippen LogP contribution in [-0.2, 0) is 12.7 Å². The number of pyridine rings is 1. The molecule has 0 unspecified atom stereocenters. The van der Waals surface area contributed by atoms with E-state index in [9.17, 15) is 18.0 Å². The molecule has 2 aromatic heterocycles. The minimum atomic E-state index is -4.41. The number of benzene rings is 1. The largest absolute Gasteiger partial charge is 0.416 e. The SMILES string of the molecule is O=c1[nH]c2ncc(-c3cccc(C(F)(F)F)c3)cc2n1CCNC1CCC1. The minimum absolute atomic E-state index is 0.269. The van der Waals surface area contributed by atoms with Crippen LogP contribution in [0.15, 0.2) is 41.3 Å². The van der Waals surface area contributed by atoms with Crippen LogP contribution in [0, 0.1) is 0 Å². The van der Waals surface area contributed by atoms with Crippen LogP contribution in [0.4, 0.5) is 13.2 Å². The van der Waals surface area contributed by atoms with Gasteiger partial charge in [-0.15, -0.1) is 0 Å². The molecule has 0 radical (unpaired) electrons. The van der Waals surface area contributed by atoms with Gasteiger partial charge in [0, 0.05) is 30.9 Å². The molecule has 2 heterocycles. The number of imidazole rings is 1. The van der Waals surface area contributed by atoms with Crippen LogP contribution in [0.1, 0.15) is 24.8 Å². The third-order valence-electron chi connectivity index (χ3n) is 5.03. The van der Waals surface area contributed by atoms with E-state index in [-0.39, 0.29) is 5.69 Å². The number of H-pyrrole nitrogens is 1. The molecular weight excluding hydrogens is 357 g/mol. The minimum Gasteiger partial charge on any atom is -0.312 e. The van der Waals surface area contributed by atoms with E-state index < -0.39 is 11.7 Å². The smallest absolute Gasteiger partial charge is 0.312 e. The molecule has 27 heavy (non-hydrogen) atoms. The van der Waals surface area contributed by atoms with Gasteiger partial charge in [0.2, 0.25) is 0 Å². The molecular formula is C19H19F3N4O. The van der Waals surface area contributed by atoms with Crippen molar-refractivity contribution in [3.05, 3.63) is 52.6 Å². The van der Waals surface area contributed by atoms with Crippen LogP contribution < -0.4 is 11.0 Å². The first kappa shape index (κ1) is 17.8. The summed E-state index contributed by atoms with van der Waals surface area (Å²) in [5.41, 5.74) is 0.982. The predicted octanol–water partition coefficient (Wildman–Crippen LogP) is 3.55. The lowest BCUT2D eigenvalue weighted by atomic mass is 9.93. The Morgan fingerprint density at radius 3 is 2.74 bits per heavy atom. The molecule has 5 nitrogen and oxygen atoms in total. The zero-order valence-electron chi connectivity index (χ0n) is 14.5. The number of alkyl halides is 3. The second kappa shape index (κ2) is 6.84. The summed E-state index contributed by atoms with van der Waals surface area (Å²) in [5, 5.41) is 3.40. The first-order valence-electron chi connectivity index (χ1n) is 8.91. The van der Waals surface area contributed by atoms with E-state index in [0.29, 0.717) is 41.4 Å². The number of fused-ring (bicyclic) bond motifs is 1. The highest BCUT2D eigenvalue weighted by molar-refractivity contribution is 5.78. The molecule has 1 aliphatic rings. The van der Waals surface area contributed by atoms with E-state index in [2.05, 4.69) is 15.3 Å². The molecule has 1 aliphatic carbocycles. The third-order valence-corrected chi connectivity index (χ3v) is 5.03. The summed E-state index contributed by atoms with van der Waals surface area (Å²) in [5.74, 6) is 0. The van der Waals surface area contributed by atoms with Gasteiger partial charge in [-0.3, -0.25) is 9.55 Å². The zero-order valence-corrected chi connectivity index (χ0v) is 14.5. The Balaban J connectivity index is 1.65. The predicted molar refractivity (Wildman–Crippen MR) is 96.4 cm³/mol. The molecule has 0 atom stereocenters. The van der Waals surface area contributed by atoms with Crippen molar-refractivity contribution in [2.24, 2.45) is 0 Å². The van der Waals surface area contributed by atoms with Crippen molar-refractivity contribution < 1.29 is 13.2 Å². The molecule has 0 bridgehead atoms. The molecule has 1 aromatic carbocycles. The number of aromatic amines is 1. The number of nitrogens with zero attached hydrogens (tertiary/aromatic N) is 2. The number of hydrogen-bond acceptors (Lipinski definition) is 3. The van der Waals surface area contributed by atoms with Gasteiger partial charge in [0.05, 0.1) is 11.1 Å². The van der Waals surface area contributed by atoms with Crippen LogP contribution in [0.5, 0.6) is 0 Å². The Morgan fingerprint density at radius 2 is 2.04 bits per heavy atom. The fraction of sp³-hybridized carbons (Fsp3) is 0.368. The fourth-order valence-corrected chi connectivity index (χ4v) is 3.28. The molecule has 1 saturated carbocycles. The Kier molecular flexibility index (Phi) is 4.51. The third kappa shape index (κ3) is 3.62. The van der Waals surface area contributed by atoms with E-state index in [4.69, 9.17) is 0 Å². The number of aromatic nitrogens is 3. The zero-order chi connectivity index (χ0) is 19.0. The number of hydrogen-bond donors (Lipinski definition) is 2. The molecule has 0 aliphatic heterocycles. The van der Waals surface area contributed by atoms with Crippen LogP contribution in [0.25, 0.3) is 22.3 Å². The summed E-state index contributed by atoms with van der Waals surface area (Å²) < 4.78 is 40.5. The Bertz CT molecular complexity index is 1020. The highest BCUT2D eigenvalue weighted by Gasteiger charge is 2.30. The van der Waals surface area contributed by atoms with Crippen molar-refractivity contribution in [1.29, 1.82) is 0 Å². The van der Waals surface area contributed by atoms with E-state index in [1.165, 1.54) is 18.7 Å². The van der Waals surface area contributed by atoms with Gasteiger partial charge < -0.3 is 5.32 Å². The maximum Gasteiger partial charge on any atom is 0.416 e. The normalized spacial score (nSPS) is 15.2. The van der Waals surface area contributed by atoms with Gasteiger partial charge in [-0.25, -0.2) is 9.78 Å². The van der Waals surface area contributed by atoms with E-state index in [1.54, 1.807) is 16.7 Å². The van der Waals surface area contributed by atoms with Gasteiger partial charge in [0.25, 0.3) is 0 Å². The Hall–Kier alpha value is -2.61. The number of nitrogens with one attached hydrogen (secondary N) is 2. The van der Waals surface area contributed by atoms with Gasteiger partial charge >= 0.3 is 11.9 Å². The van der Waals surface area contributed by atoms with Crippen molar-refractivity contribution in [3.8, 4) is 11.1 Å². The maximum absolute atomic E-state index is 13.0. The quantitative estimate of drug-likeness (QED) is 0.716. The lowest BCUT2D eigenvalue weighted by Gasteiger charge is -2.26. The summed E-state index contributed by atoms with van der Waals surface area (Å²) in [6.07, 6.45) is 0.616. The van der Waals surface area contributed by atoms with Crippen molar-refractivity contribution in [2.45, 2.75) is 38.0 Å². The summed E-state index contributed by atoms with van der Waals surface area (Å²) in [7, 11) is 0. The monoisotopic (exact) mass is 376 g/mol. The molecule has 142 valence electrons. The van der Waals surface area contributed by atoms with Crippen LogP contribution in [-0.4, -0.2) is 27.1 Å². The Morgan fingerprint density at radius 1 is 1.22 bits per heavy atom. The first-order valence-corrected chi connectivity index (χ1v) is 8.91. The molecule has 2 N–H and O–H groups in total. The molecule has 8 heteroatoms. The van der Waals surface area contributed by atoms with Gasteiger partial charge in [-0.05, 0) is 36.6 Å². The second-order valence-corrected chi connectivity index (χ2v) is 6.83. The van der Waals surface area contributed by atoms with E-state index in [1.807, 2.05) is 0 Å². The number of halogens is 3. The molecule has 4 rings (SSSR count). The van der Waals surface area contributed by atoms with Crippen molar-refractivity contribution >= 4 is 11.2 Å². The highest BCUT2D eigenvalue weighted by atomic mass is 19.4. The van der Waals surface area contributed by atoms with Gasteiger partial charge in [0.15, 0.2) is 5.65 Å². The van der Waals surface area contributed by atoms with Crippen LogP contribution >= 0.6 is 0 Å². The standard InChI is InChI=1S/C19H19F3N4O/c20-19(21,22)14-4-1-3-12(9-14)13-10-16-17(24-11-13)25-18(27)26(16)8-7-23-15-5-2-6-15/h1,3-4,9-11,15,23H,2,5-8H2,(H,24,25,27).